The van der Waals surface area contributed by atoms with Gasteiger partial charge in [-0.3, -0.25) is 0 Å². The van der Waals surface area contributed by atoms with Gasteiger partial charge in [0.2, 0.25) is 0 Å². The first-order valence-corrected chi connectivity index (χ1v) is 6.78. The van der Waals surface area contributed by atoms with Gasteiger partial charge < -0.3 is 10.1 Å². The van der Waals surface area contributed by atoms with E-state index in [1.165, 1.54) is 31.4 Å². The molecule has 3 nitrogen and oxygen atoms in total. The van der Waals surface area contributed by atoms with Crippen molar-refractivity contribution in [3.63, 3.8) is 0 Å². The zero-order chi connectivity index (χ0) is 13.5. The molecule has 0 bridgehead atoms. The first-order valence-electron chi connectivity index (χ1n) is 6.78. The average Bonchev–Trinajstić information content (AvgIpc) is 2.44. The van der Waals surface area contributed by atoms with Gasteiger partial charge in [-0.05, 0) is 49.6 Å². The summed E-state index contributed by atoms with van der Waals surface area (Å²) in [6, 6.07) is 6.81. The number of nitrogens with one attached hydrogen (secondary N) is 1. The van der Waals surface area contributed by atoms with E-state index in [9.17, 15) is 4.39 Å². The fourth-order valence-electron chi connectivity index (χ4n) is 2.38. The van der Waals surface area contributed by atoms with Crippen LogP contribution in [0.15, 0.2) is 18.2 Å². The van der Waals surface area contributed by atoms with Crippen LogP contribution >= 0.6 is 0 Å². The third-order valence-corrected chi connectivity index (χ3v) is 3.38. The predicted molar refractivity (Wildman–Crippen MR) is 71.0 cm³/mol. The van der Waals surface area contributed by atoms with Gasteiger partial charge in [0, 0.05) is 12.6 Å². The third-order valence-electron chi connectivity index (χ3n) is 3.38. The molecule has 2 rings (SSSR count). The van der Waals surface area contributed by atoms with Crippen LogP contribution in [-0.4, -0.2) is 19.2 Å². The minimum atomic E-state index is -0.383. The standard InChI is InChI=1S/C15H19FN2O/c16-14-8-12(10-17)7-13(9-14)11-19-6-4-15-3-1-2-5-18-15/h7-9,15,18H,1-6,11H2. The van der Waals surface area contributed by atoms with Crippen LogP contribution in [0.4, 0.5) is 4.39 Å². The number of rotatable bonds is 5. The second-order valence-electron chi connectivity index (χ2n) is 4.95. The van der Waals surface area contributed by atoms with E-state index in [0.717, 1.165) is 13.0 Å². The molecule has 1 aliphatic heterocycles. The molecular formula is C15H19FN2O. The first kappa shape index (κ1) is 14.0. The smallest absolute Gasteiger partial charge is 0.124 e. The monoisotopic (exact) mass is 262 g/mol. The molecule has 0 amide bonds. The summed E-state index contributed by atoms with van der Waals surface area (Å²) in [6.45, 7) is 2.12. The lowest BCUT2D eigenvalue weighted by atomic mass is 10.0. The molecule has 1 unspecified atom stereocenters. The van der Waals surface area contributed by atoms with Crippen molar-refractivity contribution in [2.24, 2.45) is 0 Å². The summed E-state index contributed by atoms with van der Waals surface area (Å²) in [4.78, 5) is 0. The Morgan fingerprint density at radius 2 is 2.26 bits per heavy atom. The number of piperidine rings is 1. The van der Waals surface area contributed by atoms with Crippen molar-refractivity contribution >= 4 is 0 Å². The van der Waals surface area contributed by atoms with E-state index in [0.29, 0.717) is 30.4 Å². The third kappa shape index (κ3) is 4.62. The van der Waals surface area contributed by atoms with Crippen molar-refractivity contribution in [2.45, 2.75) is 38.3 Å². The van der Waals surface area contributed by atoms with E-state index < -0.39 is 0 Å². The number of nitriles is 1. The number of halogens is 1. The fourth-order valence-corrected chi connectivity index (χ4v) is 2.38. The number of hydrogen-bond donors (Lipinski definition) is 1. The summed E-state index contributed by atoms with van der Waals surface area (Å²) < 4.78 is 18.8. The van der Waals surface area contributed by atoms with Crippen molar-refractivity contribution in [3.8, 4) is 6.07 Å². The number of ether oxygens (including phenoxy) is 1. The molecule has 4 heteroatoms. The van der Waals surface area contributed by atoms with Crippen LogP contribution in [0.3, 0.4) is 0 Å². The zero-order valence-electron chi connectivity index (χ0n) is 11.0. The maximum absolute atomic E-state index is 13.2. The largest absolute Gasteiger partial charge is 0.377 e. The Kier molecular flexibility index (Phi) is 5.31. The lowest BCUT2D eigenvalue weighted by Crippen LogP contribution is -2.34. The first-order chi connectivity index (χ1) is 9.28. The van der Waals surface area contributed by atoms with Crippen molar-refractivity contribution in [3.05, 3.63) is 35.1 Å². The van der Waals surface area contributed by atoms with Crippen molar-refractivity contribution in [2.75, 3.05) is 13.2 Å². The molecule has 0 radical (unpaired) electrons. The van der Waals surface area contributed by atoms with Crippen LogP contribution in [0.1, 0.15) is 36.8 Å². The average molecular weight is 262 g/mol. The molecule has 1 aliphatic rings. The summed E-state index contributed by atoms with van der Waals surface area (Å²) in [7, 11) is 0. The SMILES string of the molecule is N#Cc1cc(F)cc(COCCC2CCCCN2)c1. The highest BCUT2D eigenvalue weighted by atomic mass is 19.1. The van der Waals surface area contributed by atoms with E-state index >= 15 is 0 Å². The molecule has 0 aliphatic carbocycles. The summed E-state index contributed by atoms with van der Waals surface area (Å²) in [5, 5.41) is 12.2. The molecule has 1 aromatic carbocycles. The second-order valence-corrected chi connectivity index (χ2v) is 4.95. The van der Waals surface area contributed by atoms with Crippen molar-refractivity contribution < 1.29 is 9.13 Å². The number of nitrogens with zero attached hydrogens (tertiary/aromatic N) is 1. The molecule has 102 valence electrons. The number of hydrogen-bond acceptors (Lipinski definition) is 3. The highest BCUT2D eigenvalue weighted by Crippen LogP contribution is 2.12. The molecule has 1 fully saturated rings. The summed E-state index contributed by atoms with van der Waals surface area (Å²) >= 11 is 0. The molecule has 1 heterocycles. The number of benzene rings is 1. The Morgan fingerprint density at radius 3 is 3.00 bits per heavy atom. The predicted octanol–water partition coefficient (Wildman–Crippen LogP) is 2.75. The Bertz CT molecular complexity index is 450. The Morgan fingerprint density at radius 1 is 1.37 bits per heavy atom. The van der Waals surface area contributed by atoms with Crippen LogP contribution in [0, 0.1) is 17.1 Å². The van der Waals surface area contributed by atoms with Gasteiger partial charge in [0.25, 0.3) is 0 Å². The maximum Gasteiger partial charge on any atom is 0.124 e. The van der Waals surface area contributed by atoms with Gasteiger partial charge in [-0.1, -0.05) is 6.42 Å². The van der Waals surface area contributed by atoms with Crippen LogP contribution in [0.5, 0.6) is 0 Å². The lowest BCUT2D eigenvalue weighted by molar-refractivity contribution is 0.108. The molecular weight excluding hydrogens is 243 g/mol. The minimum absolute atomic E-state index is 0.340. The Balaban J connectivity index is 1.73. The van der Waals surface area contributed by atoms with Gasteiger partial charge in [0.1, 0.15) is 5.82 Å². The van der Waals surface area contributed by atoms with Crippen LogP contribution in [0.25, 0.3) is 0 Å². The molecule has 19 heavy (non-hydrogen) atoms. The summed E-state index contributed by atoms with van der Waals surface area (Å²) in [5.41, 5.74) is 1.06. The van der Waals surface area contributed by atoms with E-state index in [1.807, 2.05) is 6.07 Å². The van der Waals surface area contributed by atoms with Crippen LogP contribution in [0.2, 0.25) is 0 Å². The van der Waals surface area contributed by atoms with Crippen molar-refractivity contribution in [1.82, 2.24) is 5.32 Å². The fraction of sp³-hybridized carbons (Fsp3) is 0.533. The van der Waals surface area contributed by atoms with Crippen molar-refractivity contribution in [1.29, 1.82) is 5.26 Å². The molecule has 1 aromatic rings. The van der Waals surface area contributed by atoms with E-state index in [1.54, 1.807) is 6.07 Å². The normalized spacial score (nSPS) is 19.1. The second kappa shape index (κ2) is 7.22. The molecule has 0 spiro atoms. The summed E-state index contributed by atoms with van der Waals surface area (Å²) in [6.07, 6.45) is 4.74. The molecule has 1 atom stereocenters. The molecule has 1 saturated heterocycles. The molecule has 0 aromatic heterocycles. The van der Waals surface area contributed by atoms with Gasteiger partial charge in [0.05, 0.1) is 18.2 Å². The molecule has 0 saturated carbocycles. The van der Waals surface area contributed by atoms with E-state index in [-0.39, 0.29) is 5.82 Å². The van der Waals surface area contributed by atoms with Gasteiger partial charge in [-0.15, -0.1) is 0 Å². The molecule has 1 N–H and O–H groups in total. The minimum Gasteiger partial charge on any atom is -0.377 e. The van der Waals surface area contributed by atoms with Gasteiger partial charge in [-0.2, -0.15) is 5.26 Å². The highest BCUT2D eigenvalue weighted by molar-refractivity contribution is 5.33. The van der Waals surface area contributed by atoms with Gasteiger partial charge in [-0.25, -0.2) is 4.39 Å². The highest BCUT2D eigenvalue weighted by Gasteiger charge is 2.11. The van der Waals surface area contributed by atoms with E-state index in [2.05, 4.69) is 5.32 Å². The summed E-state index contributed by atoms with van der Waals surface area (Å²) in [5.74, 6) is -0.383. The Hall–Kier alpha value is -1.44. The topological polar surface area (TPSA) is 45.0 Å². The lowest BCUT2D eigenvalue weighted by Gasteiger charge is -2.23. The van der Waals surface area contributed by atoms with Crippen LogP contribution < -0.4 is 5.32 Å². The maximum atomic E-state index is 13.2. The van der Waals surface area contributed by atoms with Gasteiger partial charge in [0.15, 0.2) is 0 Å². The Labute approximate surface area is 113 Å². The zero-order valence-corrected chi connectivity index (χ0v) is 11.0. The van der Waals surface area contributed by atoms with Gasteiger partial charge >= 0.3 is 0 Å². The quantitative estimate of drug-likeness (QED) is 0.830. The van der Waals surface area contributed by atoms with E-state index in [4.69, 9.17) is 10.00 Å². The van der Waals surface area contributed by atoms with Crippen LogP contribution in [-0.2, 0) is 11.3 Å².